The van der Waals surface area contributed by atoms with Crippen molar-refractivity contribution >= 4 is 35.4 Å². The number of fused-ring (bicyclic) bond motifs is 1. The minimum Gasteiger partial charge on any atom is -0.473 e. The van der Waals surface area contributed by atoms with Crippen molar-refractivity contribution in [3.63, 3.8) is 0 Å². The zero-order valence-corrected chi connectivity index (χ0v) is 13.9. The first-order valence-electron chi connectivity index (χ1n) is 7.45. The molecule has 2 aromatic rings. The van der Waals surface area contributed by atoms with Gasteiger partial charge in [-0.15, -0.1) is 0 Å². The van der Waals surface area contributed by atoms with E-state index in [9.17, 15) is 14.4 Å². The molecule has 0 atom stereocenters. The molecule has 0 spiro atoms. The number of nitrogens with zero attached hydrogens (tertiary/aromatic N) is 1. The molecule has 0 aromatic heterocycles. The molecule has 1 heterocycles. The minimum absolute atomic E-state index is 0.351. The van der Waals surface area contributed by atoms with Gasteiger partial charge in [-0.2, -0.15) is 0 Å². The van der Waals surface area contributed by atoms with Crippen molar-refractivity contribution in [2.45, 2.75) is 6.92 Å². The Bertz CT molecular complexity index is 886. The largest absolute Gasteiger partial charge is 0.473 e. The Kier molecular flexibility index (Phi) is 5.66. The molecule has 1 aliphatic heterocycles. The Morgan fingerprint density at radius 1 is 0.815 bits per heavy atom. The van der Waals surface area contributed by atoms with Gasteiger partial charge < -0.3 is 14.9 Å². The van der Waals surface area contributed by atoms with Gasteiger partial charge in [0.25, 0.3) is 11.8 Å². The quantitative estimate of drug-likeness (QED) is 0.351. The smallest absolute Gasteiger partial charge is 0.414 e. The zero-order valence-electron chi connectivity index (χ0n) is 13.9. The van der Waals surface area contributed by atoms with Crippen molar-refractivity contribution in [3.05, 3.63) is 59.7 Å². The maximum Gasteiger partial charge on any atom is 0.414 e. The molecule has 0 radical (unpaired) electrons. The highest BCUT2D eigenvalue weighted by molar-refractivity contribution is 6.34. The van der Waals surface area contributed by atoms with E-state index in [1.54, 1.807) is 48.5 Å². The second-order valence-electron chi connectivity index (χ2n) is 5.19. The van der Waals surface area contributed by atoms with E-state index in [-0.39, 0.29) is 11.8 Å². The van der Waals surface area contributed by atoms with Gasteiger partial charge in [-0.1, -0.05) is 12.1 Å². The number of aliphatic carboxylic acids is 2. The van der Waals surface area contributed by atoms with Gasteiger partial charge in [0.1, 0.15) is 5.75 Å². The molecule has 0 unspecified atom stereocenters. The Hall–Kier alpha value is -4.01. The third-order valence-electron chi connectivity index (χ3n) is 3.33. The molecule has 0 fully saturated rings. The Labute approximate surface area is 152 Å². The minimum atomic E-state index is -1.82. The normalized spacial score (nSPS) is 12.0. The Morgan fingerprint density at radius 2 is 1.26 bits per heavy atom. The number of carbonyl (C=O) groups is 5. The number of carbonyl (C=O) groups excluding carboxylic acids is 3. The molecule has 3 rings (SSSR count). The molecule has 2 aromatic carbocycles. The van der Waals surface area contributed by atoms with Crippen molar-refractivity contribution in [2.24, 2.45) is 0 Å². The topological polar surface area (TPSA) is 138 Å². The number of rotatable bonds is 2. The van der Waals surface area contributed by atoms with Crippen LogP contribution in [-0.2, 0) is 14.4 Å². The van der Waals surface area contributed by atoms with Crippen LogP contribution in [0.4, 0.5) is 5.69 Å². The van der Waals surface area contributed by atoms with Crippen molar-refractivity contribution in [3.8, 4) is 5.75 Å². The Morgan fingerprint density at radius 3 is 1.63 bits per heavy atom. The average Bonchev–Trinajstić information content (AvgIpc) is 2.87. The second kappa shape index (κ2) is 7.91. The summed E-state index contributed by atoms with van der Waals surface area (Å²) < 4.78 is 4.92. The fourth-order valence-corrected chi connectivity index (χ4v) is 2.25. The van der Waals surface area contributed by atoms with Crippen LogP contribution in [0.15, 0.2) is 48.5 Å². The number of carboxylic acid groups (broad SMARTS) is 2. The third kappa shape index (κ3) is 4.34. The predicted molar refractivity (Wildman–Crippen MR) is 90.6 cm³/mol. The summed E-state index contributed by atoms with van der Waals surface area (Å²) in [7, 11) is 0. The van der Waals surface area contributed by atoms with Gasteiger partial charge in [-0.05, 0) is 36.4 Å². The van der Waals surface area contributed by atoms with Gasteiger partial charge in [0.05, 0.1) is 16.8 Å². The number of hydrogen-bond donors (Lipinski definition) is 2. The molecule has 0 saturated heterocycles. The number of amides is 2. The summed E-state index contributed by atoms with van der Waals surface area (Å²) in [5, 5.41) is 14.8. The van der Waals surface area contributed by atoms with Crippen molar-refractivity contribution in [1.29, 1.82) is 0 Å². The first-order valence-corrected chi connectivity index (χ1v) is 7.45. The van der Waals surface area contributed by atoms with Crippen LogP contribution in [0.1, 0.15) is 27.6 Å². The Balaban J connectivity index is 0.000000380. The molecule has 0 aliphatic carbocycles. The van der Waals surface area contributed by atoms with Crippen LogP contribution in [0.2, 0.25) is 0 Å². The van der Waals surface area contributed by atoms with Crippen LogP contribution in [0.5, 0.6) is 5.75 Å². The molecule has 1 aliphatic rings. The molecule has 9 heteroatoms. The monoisotopic (exact) mass is 371 g/mol. The third-order valence-corrected chi connectivity index (χ3v) is 3.33. The van der Waals surface area contributed by atoms with Crippen LogP contribution < -0.4 is 9.64 Å². The molecule has 138 valence electrons. The number of benzene rings is 2. The highest BCUT2D eigenvalue weighted by atomic mass is 16.5. The van der Waals surface area contributed by atoms with E-state index in [2.05, 4.69) is 0 Å². The highest BCUT2D eigenvalue weighted by Gasteiger charge is 2.36. The lowest BCUT2D eigenvalue weighted by molar-refractivity contribution is -0.159. The fraction of sp³-hybridized carbons (Fsp3) is 0.0556. The molecule has 0 saturated carbocycles. The van der Waals surface area contributed by atoms with Gasteiger partial charge in [0.15, 0.2) is 0 Å². The van der Waals surface area contributed by atoms with Gasteiger partial charge in [0, 0.05) is 6.92 Å². The summed E-state index contributed by atoms with van der Waals surface area (Å²) in [5.74, 6) is -4.41. The maximum absolute atomic E-state index is 12.3. The number of hydrogen-bond acceptors (Lipinski definition) is 6. The van der Waals surface area contributed by atoms with E-state index in [4.69, 9.17) is 24.5 Å². The van der Waals surface area contributed by atoms with Crippen LogP contribution in [0, 0.1) is 0 Å². The van der Waals surface area contributed by atoms with Crippen molar-refractivity contribution in [2.75, 3.05) is 4.90 Å². The second-order valence-corrected chi connectivity index (χ2v) is 5.19. The number of esters is 1. The molecule has 0 bridgehead atoms. The van der Waals surface area contributed by atoms with E-state index in [0.717, 1.165) is 4.90 Å². The van der Waals surface area contributed by atoms with E-state index < -0.39 is 17.9 Å². The summed E-state index contributed by atoms with van der Waals surface area (Å²) >= 11 is 0. The van der Waals surface area contributed by atoms with Crippen molar-refractivity contribution < 1.29 is 38.9 Å². The molecule has 2 amide bonds. The lowest BCUT2D eigenvalue weighted by atomic mass is 10.1. The lowest BCUT2D eigenvalue weighted by Gasteiger charge is -2.14. The van der Waals surface area contributed by atoms with Crippen LogP contribution in [0.3, 0.4) is 0 Å². The molecule has 9 nitrogen and oxygen atoms in total. The lowest BCUT2D eigenvalue weighted by Crippen LogP contribution is -2.29. The summed E-state index contributed by atoms with van der Waals surface area (Å²) in [6.07, 6.45) is 0. The van der Waals surface area contributed by atoms with E-state index in [1.807, 2.05) is 0 Å². The summed E-state index contributed by atoms with van der Waals surface area (Å²) in [6.45, 7) is 1.30. The van der Waals surface area contributed by atoms with Gasteiger partial charge >= 0.3 is 17.9 Å². The average molecular weight is 371 g/mol. The van der Waals surface area contributed by atoms with E-state index >= 15 is 0 Å². The zero-order chi connectivity index (χ0) is 20.1. The highest BCUT2D eigenvalue weighted by Crippen LogP contribution is 2.29. The summed E-state index contributed by atoms with van der Waals surface area (Å²) in [4.78, 5) is 54.8. The van der Waals surface area contributed by atoms with Gasteiger partial charge in [-0.3, -0.25) is 14.4 Å². The summed E-state index contributed by atoms with van der Waals surface area (Å²) in [6, 6.07) is 12.9. The fourth-order valence-electron chi connectivity index (χ4n) is 2.25. The first-order chi connectivity index (χ1) is 12.7. The van der Waals surface area contributed by atoms with E-state index in [0.29, 0.717) is 22.6 Å². The predicted octanol–water partition coefficient (Wildman–Crippen LogP) is 1.57. The van der Waals surface area contributed by atoms with E-state index in [1.165, 1.54) is 6.92 Å². The van der Waals surface area contributed by atoms with Crippen molar-refractivity contribution in [1.82, 2.24) is 0 Å². The maximum atomic E-state index is 12.3. The molecule has 2 N–H and O–H groups in total. The number of ether oxygens (including phenoxy) is 1. The standard InChI is InChI=1S/C16H11NO4.C2H2O4/c1-10(18)21-12-8-6-11(7-9-12)17-15(19)13-4-2-3-5-14(13)16(17)20;3-1(4)2(5)6/h2-9H,1H3;(H,3,4)(H,5,6). The van der Waals surface area contributed by atoms with Crippen LogP contribution in [-0.4, -0.2) is 39.9 Å². The van der Waals surface area contributed by atoms with Crippen LogP contribution in [0.25, 0.3) is 0 Å². The number of imide groups is 1. The van der Waals surface area contributed by atoms with Gasteiger partial charge in [0.2, 0.25) is 0 Å². The molecular formula is C18H13NO8. The first kappa shape index (κ1) is 19.3. The number of carboxylic acids is 2. The number of anilines is 1. The van der Waals surface area contributed by atoms with Crippen LogP contribution >= 0.6 is 0 Å². The molecular weight excluding hydrogens is 358 g/mol. The SMILES string of the molecule is CC(=O)Oc1ccc(N2C(=O)c3ccccc3C2=O)cc1.O=C(O)C(=O)O. The summed E-state index contributed by atoms with van der Waals surface area (Å²) in [5.41, 5.74) is 1.23. The molecule has 27 heavy (non-hydrogen) atoms. The van der Waals surface area contributed by atoms with Gasteiger partial charge in [-0.25, -0.2) is 14.5 Å².